The van der Waals surface area contributed by atoms with E-state index in [1.807, 2.05) is 0 Å². The lowest BCUT2D eigenvalue weighted by Gasteiger charge is -2.22. The van der Waals surface area contributed by atoms with E-state index >= 15 is 0 Å². The molecule has 0 radical (unpaired) electrons. The summed E-state index contributed by atoms with van der Waals surface area (Å²) in [6.07, 6.45) is -0.305. The molecule has 0 aliphatic rings. The van der Waals surface area contributed by atoms with Crippen molar-refractivity contribution in [3.8, 4) is 0 Å². The van der Waals surface area contributed by atoms with Gasteiger partial charge >= 0.3 is 5.97 Å². The van der Waals surface area contributed by atoms with Crippen LogP contribution >= 0.6 is 0 Å². The molecule has 1 rings (SSSR count). The van der Waals surface area contributed by atoms with E-state index in [-0.39, 0.29) is 19.3 Å². The molecule has 0 saturated carbocycles. The number of hydrogen-bond donors (Lipinski definition) is 6. The van der Waals surface area contributed by atoms with Crippen LogP contribution in [0.25, 0.3) is 0 Å². The maximum atomic E-state index is 12.5. The number of carboxylic acids is 1. The predicted molar refractivity (Wildman–Crippen MR) is 95.1 cm³/mol. The quantitative estimate of drug-likeness (QED) is 0.253. The average Bonchev–Trinajstić information content (AvgIpc) is 2.64. The third-order valence-electron chi connectivity index (χ3n) is 3.74. The highest BCUT2D eigenvalue weighted by atomic mass is 16.4. The molecule has 0 saturated heterocycles. The number of hydrogen-bond acceptors (Lipinski definition) is 6. The van der Waals surface area contributed by atoms with Crippen LogP contribution in [-0.2, 0) is 25.6 Å². The highest BCUT2D eigenvalue weighted by Gasteiger charge is 2.28. The number of rotatable bonds is 11. The predicted octanol–water partition coefficient (Wildman–Crippen LogP) is -2.13. The summed E-state index contributed by atoms with van der Waals surface area (Å²) in [6.45, 7) is -0.637. The third-order valence-corrected chi connectivity index (χ3v) is 3.74. The smallest absolute Gasteiger partial charge is 0.326 e. The van der Waals surface area contributed by atoms with Crippen LogP contribution in [0.15, 0.2) is 30.3 Å². The van der Waals surface area contributed by atoms with Gasteiger partial charge in [-0.2, -0.15) is 0 Å². The highest BCUT2D eigenvalue weighted by Crippen LogP contribution is 2.05. The fourth-order valence-corrected chi connectivity index (χ4v) is 2.24. The Morgan fingerprint density at radius 1 is 1.00 bits per heavy atom. The van der Waals surface area contributed by atoms with Gasteiger partial charge in [0.25, 0.3) is 0 Å². The van der Waals surface area contributed by atoms with Gasteiger partial charge in [0.1, 0.15) is 18.1 Å². The summed E-state index contributed by atoms with van der Waals surface area (Å²) in [6, 6.07) is 4.97. The minimum absolute atomic E-state index is 0.0363. The Labute approximate surface area is 155 Å². The minimum atomic E-state index is -1.26. The highest BCUT2D eigenvalue weighted by molar-refractivity contribution is 5.92. The Hall–Kier alpha value is -2.98. The number of carbonyl (C=O) groups excluding carboxylic acids is 3. The molecular formula is C17H24N4O6. The van der Waals surface area contributed by atoms with Gasteiger partial charge in [-0.1, -0.05) is 30.3 Å². The molecule has 1 aromatic rings. The van der Waals surface area contributed by atoms with Crippen molar-refractivity contribution < 1.29 is 29.4 Å². The number of carbonyl (C=O) groups is 4. The molecule has 148 valence electrons. The van der Waals surface area contributed by atoms with E-state index in [4.69, 9.17) is 16.6 Å². The van der Waals surface area contributed by atoms with Gasteiger partial charge in [0, 0.05) is 12.8 Å². The van der Waals surface area contributed by atoms with Crippen LogP contribution in [-0.4, -0.2) is 58.6 Å². The molecular weight excluding hydrogens is 356 g/mol. The molecule has 0 aliphatic heterocycles. The van der Waals surface area contributed by atoms with E-state index in [2.05, 4.69) is 10.6 Å². The van der Waals surface area contributed by atoms with E-state index in [0.717, 1.165) is 0 Å². The lowest BCUT2D eigenvalue weighted by molar-refractivity contribution is -0.142. The standard InChI is InChI=1S/C17H24N4O6/c18-11(9-22)15(24)20-12(6-7-14(19)23)16(25)21-13(17(26)27)8-10-4-2-1-3-5-10/h1-5,11-13,22H,6-9,18H2,(H2,19,23)(H,20,24)(H,21,25)(H,26,27)/t11-,12-,13-/m0/s1. The number of aliphatic hydroxyl groups excluding tert-OH is 1. The molecule has 3 amide bonds. The van der Waals surface area contributed by atoms with Gasteiger partial charge in [-0.15, -0.1) is 0 Å². The molecule has 10 heteroatoms. The van der Waals surface area contributed by atoms with Crippen molar-refractivity contribution >= 4 is 23.7 Å². The first-order valence-corrected chi connectivity index (χ1v) is 8.26. The van der Waals surface area contributed by atoms with E-state index < -0.39 is 48.4 Å². The van der Waals surface area contributed by atoms with Crippen LogP contribution in [0.1, 0.15) is 18.4 Å². The van der Waals surface area contributed by atoms with Gasteiger partial charge in [-0.25, -0.2) is 4.79 Å². The lowest BCUT2D eigenvalue weighted by atomic mass is 10.0. The fraction of sp³-hybridized carbons (Fsp3) is 0.412. The fourth-order valence-electron chi connectivity index (χ4n) is 2.24. The summed E-state index contributed by atoms with van der Waals surface area (Å²) in [5, 5.41) is 22.9. The second-order valence-corrected chi connectivity index (χ2v) is 5.94. The number of benzene rings is 1. The molecule has 3 atom stereocenters. The zero-order chi connectivity index (χ0) is 20.4. The van der Waals surface area contributed by atoms with Gasteiger partial charge in [0.2, 0.25) is 17.7 Å². The van der Waals surface area contributed by atoms with E-state index in [1.165, 1.54) is 0 Å². The number of nitrogens with two attached hydrogens (primary N) is 2. The van der Waals surface area contributed by atoms with E-state index in [9.17, 15) is 24.3 Å². The zero-order valence-corrected chi connectivity index (χ0v) is 14.6. The van der Waals surface area contributed by atoms with Crippen LogP contribution in [0, 0.1) is 0 Å². The minimum Gasteiger partial charge on any atom is -0.480 e. The van der Waals surface area contributed by atoms with Crippen molar-refractivity contribution in [3.05, 3.63) is 35.9 Å². The van der Waals surface area contributed by atoms with Gasteiger partial charge in [-0.3, -0.25) is 14.4 Å². The van der Waals surface area contributed by atoms with E-state index in [1.54, 1.807) is 30.3 Å². The lowest BCUT2D eigenvalue weighted by Crippen LogP contribution is -2.55. The Morgan fingerprint density at radius 3 is 2.11 bits per heavy atom. The summed E-state index contributed by atoms with van der Waals surface area (Å²) in [5.74, 6) is -3.54. The molecule has 1 aromatic carbocycles. The summed E-state index contributed by atoms with van der Waals surface area (Å²) in [7, 11) is 0. The molecule has 0 aromatic heterocycles. The normalized spacial score (nSPS) is 13.9. The summed E-state index contributed by atoms with van der Waals surface area (Å²) in [4.78, 5) is 46.8. The maximum absolute atomic E-state index is 12.5. The van der Waals surface area contributed by atoms with Crippen LogP contribution in [0.5, 0.6) is 0 Å². The van der Waals surface area contributed by atoms with Crippen molar-refractivity contribution in [1.82, 2.24) is 10.6 Å². The van der Waals surface area contributed by atoms with Gasteiger partial charge in [0.05, 0.1) is 6.61 Å². The summed E-state index contributed by atoms with van der Waals surface area (Å²) >= 11 is 0. The molecule has 0 heterocycles. The molecule has 0 bridgehead atoms. The largest absolute Gasteiger partial charge is 0.480 e. The Kier molecular flexibility index (Phi) is 8.90. The van der Waals surface area contributed by atoms with Crippen LogP contribution in [0.2, 0.25) is 0 Å². The number of amides is 3. The first-order chi connectivity index (χ1) is 12.7. The molecule has 10 nitrogen and oxygen atoms in total. The number of nitrogens with one attached hydrogen (secondary N) is 2. The maximum Gasteiger partial charge on any atom is 0.326 e. The van der Waals surface area contributed by atoms with Gasteiger partial charge in [-0.05, 0) is 12.0 Å². The van der Waals surface area contributed by atoms with Crippen molar-refractivity contribution in [1.29, 1.82) is 0 Å². The number of carboxylic acid groups (broad SMARTS) is 1. The monoisotopic (exact) mass is 380 g/mol. The Bertz CT molecular complexity index is 667. The van der Waals surface area contributed by atoms with Crippen molar-refractivity contribution in [2.24, 2.45) is 11.5 Å². The molecule has 0 aliphatic carbocycles. The molecule has 27 heavy (non-hydrogen) atoms. The first-order valence-electron chi connectivity index (χ1n) is 8.26. The van der Waals surface area contributed by atoms with E-state index in [0.29, 0.717) is 5.56 Å². The van der Waals surface area contributed by atoms with Crippen molar-refractivity contribution in [2.75, 3.05) is 6.61 Å². The molecule has 0 fully saturated rings. The van der Waals surface area contributed by atoms with Crippen LogP contribution in [0.4, 0.5) is 0 Å². The number of aliphatic hydroxyl groups is 1. The molecule has 0 unspecified atom stereocenters. The first kappa shape index (κ1) is 22.1. The Balaban J connectivity index is 2.85. The third kappa shape index (κ3) is 7.84. The number of primary amides is 1. The zero-order valence-electron chi connectivity index (χ0n) is 14.6. The topological polar surface area (TPSA) is 185 Å². The van der Waals surface area contributed by atoms with Crippen LogP contribution in [0.3, 0.4) is 0 Å². The average molecular weight is 380 g/mol. The molecule has 8 N–H and O–H groups in total. The van der Waals surface area contributed by atoms with Gasteiger partial charge < -0.3 is 32.3 Å². The van der Waals surface area contributed by atoms with Crippen molar-refractivity contribution in [2.45, 2.75) is 37.4 Å². The van der Waals surface area contributed by atoms with Crippen molar-refractivity contribution in [3.63, 3.8) is 0 Å². The Morgan fingerprint density at radius 2 is 1.59 bits per heavy atom. The summed E-state index contributed by atoms with van der Waals surface area (Å²) < 4.78 is 0. The SMILES string of the molecule is NC(=O)CC[C@H](NC(=O)[C@@H](N)CO)C(=O)N[C@@H](Cc1ccccc1)C(=O)O. The molecule has 0 spiro atoms. The van der Waals surface area contributed by atoms with Gasteiger partial charge in [0.15, 0.2) is 0 Å². The van der Waals surface area contributed by atoms with Crippen LogP contribution < -0.4 is 22.1 Å². The second kappa shape index (κ2) is 10.9. The number of aliphatic carboxylic acids is 1. The summed E-state index contributed by atoms with van der Waals surface area (Å²) in [5.41, 5.74) is 11.2. The second-order valence-electron chi connectivity index (χ2n) is 5.94.